The highest BCUT2D eigenvalue weighted by Gasteiger charge is 2.30. The molecule has 1 heterocycles. The van der Waals surface area contributed by atoms with Crippen molar-refractivity contribution in [2.75, 3.05) is 12.4 Å². The van der Waals surface area contributed by atoms with Gasteiger partial charge in [0.15, 0.2) is 0 Å². The van der Waals surface area contributed by atoms with E-state index in [4.69, 9.17) is 4.74 Å². The predicted molar refractivity (Wildman–Crippen MR) is 46.8 cm³/mol. The topological polar surface area (TPSA) is 43.4 Å². The number of hydrogen-bond acceptors (Lipinski definition) is 4. The molecule has 0 spiro atoms. The van der Waals surface area contributed by atoms with Gasteiger partial charge in [0.25, 0.3) is 0 Å². The van der Waals surface area contributed by atoms with Gasteiger partial charge in [-0.1, -0.05) is 11.8 Å². The van der Waals surface area contributed by atoms with Crippen LogP contribution in [0.4, 0.5) is 0 Å². The SMILES string of the molecule is CCOC(=O)C1CCCSC1=O. The molecule has 0 aromatic heterocycles. The Morgan fingerprint density at radius 2 is 2.50 bits per heavy atom. The van der Waals surface area contributed by atoms with E-state index in [2.05, 4.69) is 0 Å². The zero-order valence-corrected chi connectivity index (χ0v) is 7.86. The minimum absolute atomic E-state index is 0.0281. The maximum absolute atomic E-state index is 11.2. The standard InChI is InChI=1S/C8H12O3S/c1-2-11-7(9)6-4-3-5-12-8(6)10/h6H,2-5H2,1H3. The van der Waals surface area contributed by atoms with Crippen LogP contribution in [0.15, 0.2) is 0 Å². The summed E-state index contributed by atoms with van der Waals surface area (Å²) in [5, 5.41) is -0.0281. The zero-order chi connectivity index (χ0) is 8.97. The summed E-state index contributed by atoms with van der Waals surface area (Å²) < 4.78 is 4.78. The lowest BCUT2D eigenvalue weighted by Gasteiger charge is -2.17. The molecule has 0 aromatic carbocycles. The van der Waals surface area contributed by atoms with Crippen LogP contribution < -0.4 is 0 Å². The van der Waals surface area contributed by atoms with Gasteiger partial charge in [0, 0.05) is 5.75 Å². The molecule has 12 heavy (non-hydrogen) atoms. The fourth-order valence-corrected chi connectivity index (χ4v) is 2.06. The van der Waals surface area contributed by atoms with Crippen LogP contribution in [-0.4, -0.2) is 23.4 Å². The summed E-state index contributed by atoms with van der Waals surface area (Å²) in [4.78, 5) is 22.3. The molecule has 0 aromatic rings. The van der Waals surface area contributed by atoms with Crippen LogP contribution in [0.3, 0.4) is 0 Å². The Balaban J connectivity index is 2.48. The smallest absolute Gasteiger partial charge is 0.317 e. The lowest BCUT2D eigenvalue weighted by molar-refractivity contribution is -0.150. The van der Waals surface area contributed by atoms with E-state index in [1.165, 1.54) is 11.8 Å². The van der Waals surface area contributed by atoms with Crippen LogP contribution in [-0.2, 0) is 14.3 Å². The van der Waals surface area contributed by atoms with Crippen molar-refractivity contribution in [2.24, 2.45) is 5.92 Å². The van der Waals surface area contributed by atoms with Gasteiger partial charge in [-0.2, -0.15) is 0 Å². The van der Waals surface area contributed by atoms with Gasteiger partial charge in [-0.15, -0.1) is 0 Å². The summed E-state index contributed by atoms with van der Waals surface area (Å²) in [7, 11) is 0. The summed E-state index contributed by atoms with van der Waals surface area (Å²) in [5.41, 5.74) is 0. The highest BCUT2D eigenvalue weighted by molar-refractivity contribution is 8.13. The third-order valence-electron chi connectivity index (χ3n) is 1.74. The molecule has 68 valence electrons. The second kappa shape index (κ2) is 4.50. The molecule has 0 bridgehead atoms. The van der Waals surface area contributed by atoms with E-state index in [0.717, 1.165) is 12.2 Å². The minimum Gasteiger partial charge on any atom is -0.465 e. The lowest BCUT2D eigenvalue weighted by atomic mass is 10.1. The summed E-state index contributed by atoms with van der Waals surface area (Å²) in [6, 6.07) is 0. The van der Waals surface area contributed by atoms with Gasteiger partial charge in [0.05, 0.1) is 6.61 Å². The molecular weight excluding hydrogens is 176 g/mol. The number of hydrogen-bond donors (Lipinski definition) is 0. The van der Waals surface area contributed by atoms with E-state index >= 15 is 0 Å². The molecule has 1 saturated heterocycles. The molecule has 1 unspecified atom stereocenters. The van der Waals surface area contributed by atoms with Crippen LogP contribution in [0.1, 0.15) is 19.8 Å². The Labute approximate surface area is 75.8 Å². The Hall–Kier alpha value is -0.510. The largest absolute Gasteiger partial charge is 0.465 e. The number of carbonyl (C=O) groups excluding carboxylic acids is 2. The summed E-state index contributed by atoms with van der Waals surface area (Å²) >= 11 is 1.24. The van der Waals surface area contributed by atoms with Gasteiger partial charge in [-0.3, -0.25) is 9.59 Å². The third kappa shape index (κ3) is 2.24. The van der Waals surface area contributed by atoms with E-state index in [1.54, 1.807) is 6.92 Å². The summed E-state index contributed by atoms with van der Waals surface area (Å²) in [5.74, 6) is -0.00670. The third-order valence-corrected chi connectivity index (χ3v) is 2.80. The molecule has 0 amide bonds. The molecule has 0 saturated carbocycles. The molecule has 0 aliphatic carbocycles. The highest BCUT2D eigenvalue weighted by Crippen LogP contribution is 2.25. The molecular formula is C8H12O3S. The van der Waals surface area contributed by atoms with Crippen LogP contribution in [0.25, 0.3) is 0 Å². The Morgan fingerprint density at radius 1 is 1.75 bits per heavy atom. The molecule has 1 atom stereocenters. The predicted octanol–water partition coefficient (Wildman–Crippen LogP) is 1.22. The van der Waals surface area contributed by atoms with Gasteiger partial charge >= 0.3 is 5.97 Å². The van der Waals surface area contributed by atoms with Crippen LogP contribution >= 0.6 is 11.8 Å². The Kier molecular flexibility index (Phi) is 3.59. The van der Waals surface area contributed by atoms with Crippen LogP contribution in [0.5, 0.6) is 0 Å². The van der Waals surface area contributed by atoms with Crippen molar-refractivity contribution >= 4 is 22.8 Å². The second-order valence-electron chi connectivity index (χ2n) is 2.61. The maximum Gasteiger partial charge on any atom is 0.317 e. The average Bonchev–Trinajstić information content (AvgIpc) is 2.05. The zero-order valence-electron chi connectivity index (χ0n) is 7.04. The molecule has 1 aliphatic heterocycles. The van der Waals surface area contributed by atoms with Gasteiger partial charge in [0.2, 0.25) is 5.12 Å². The first kappa shape index (κ1) is 9.58. The lowest BCUT2D eigenvalue weighted by Crippen LogP contribution is -2.27. The molecule has 0 radical (unpaired) electrons. The van der Waals surface area contributed by atoms with Crippen molar-refractivity contribution in [1.29, 1.82) is 0 Å². The molecule has 0 N–H and O–H groups in total. The number of carbonyl (C=O) groups is 2. The summed E-state index contributed by atoms with van der Waals surface area (Å²) in [6.07, 6.45) is 1.59. The van der Waals surface area contributed by atoms with Gasteiger partial charge < -0.3 is 4.74 Å². The van der Waals surface area contributed by atoms with Gasteiger partial charge in [-0.25, -0.2) is 0 Å². The van der Waals surface area contributed by atoms with Crippen LogP contribution in [0, 0.1) is 5.92 Å². The Morgan fingerprint density at radius 3 is 3.08 bits per heavy atom. The first-order valence-corrected chi connectivity index (χ1v) is 5.07. The first-order valence-electron chi connectivity index (χ1n) is 4.09. The van der Waals surface area contributed by atoms with Crippen molar-refractivity contribution in [3.8, 4) is 0 Å². The molecule has 1 fully saturated rings. The first-order chi connectivity index (χ1) is 5.75. The van der Waals surface area contributed by atoms with Crippen molar-refractivity contribution in [3.63, 3.8) is 0 Å². The average molecular weight is 188 g/mol. The van der Waals surface area contributed by atoms with Crippen LogP contribution in [0.2, 0.25) is 0 Å². The monoisotopic (exact) mass is 188 g/mol. The Bertz CT molecular complexity index is 191. The molecule has 3 nitrogen and oxygen atoms in total. The molecule has 1 aliphatic rings. The summed E-state index contributed by atoms with van der Waals surface area (Å²) in [6.45, 7) is 2.10. The number of esters is 1. The van der Waals surface area contributed by atoms with Crippen molar-refractivity contribution in [1.82, 2.24) is 0 Å². The maximum atomic E-state index is 11.2. The molecule has 1 rings (SSSR count). The number of ether oxygens (including phenoxy) is 1. The van der Waals surface area contributed by atoms with Crippen molar-refractivity contribution in [3.05, 3.63) is 0 Å². The van der Waals surface area contributed by atoms with Crippen molar-refractivity contribution < 1.29 is 14.3 Å². The fourth-order valence-electron chi connectivity index (χ4n) is 1.14. The minimum atomic E-state index is -0.497. The van der Waals surface area contributed by atoms with Gasteiger partial charge in [0.1, 0.15) is 5.92 Å². The normalized spacial score (nSPS) is 23.8. The van der Waals surface area contributed by atoms with E-state index in [1.807, 2.05) is 0 Å². The number of thioether (sulfide) groups is 1. The molecule has 4 heteroatoms. The quantitative estimate of drug-likeness (QED) is 0.482. The fraction of sp³-hybridized carbons (Fsp3) is 0.750. The van der Waals surface area contributed by atoms with Crippen molar-refractivity contribution in [2.45, 2.75) is 19.8 Å². The van der Waals surface area contributed by atoms with Gasteiger partial charge in [-0.05, 0) is 19.8 Å². The van der Waals surface area contributed by atoms with E-state index in [-0.39, 0.29) is 11.1 Å². The number of rotatable bonds is 2. The highest BCUT2D eigenvalue weighted by atomic mass is 32.2. The van der Waals surface area contributed by atoms with E-state index in [0.29, 0.717) is 13.0 Å². The second-order valence-corrected chi connectivity index (χ2v) is 3.71. The van der Waals surface area contributed by atoms with E-state index < -0.39 is 5.92 Å². The van der Waals surface area contributed by atoms with E-state index in [9.17, 15) is 9.59 Å².